The number of nitrogens with zero attached hydrogens (tertiary/aromatic N) is 2. The first-order valence-corrected chi connectivity index (χ1v) is 7.85. The molecular weight excluding hydrogens is 236 g/mol. The Morgan fingerprint density at radius 1 is 1.16 bits per heavy atom. The van der Waals surface area contributed by atoms with E-state index in [1.807, 2.05) is 6.92 Å². The Balaban J connectivity index is 1.57. The molecule has 5 rings (SSSR count). The average Bonchev–Trinajstić information content (AvgIpc) is 2.75. The van der Waals surface area contributed by atoms with Gasteiger partial charge in [0.2, 0.25) is 0 Å². The Kier molecular flexibility index (Phi) is 2.69. The Bertz CT molecular complexity index is 436. The van der Waals surface area contributed by atoms with Gasteiger partial charge in [0, 0.05) is 18.4 Å². The van der Waals surface area contributed by atoms with E-state index in [1.54, 1.807) is 0 Å². The number of hydrogen-bond donors (Lipinski definition) is 2. The topological polar surface area (TPSA) is 67.6 Å². The summed E-state index contributed by atoms with van der Waals surface area (Å²) in [6.07, 6.45) is 8.01. The first-order chi connectivity index (χ1) is 9.19. The largest absolute Gasteiger partial charge is 0.328 e. The minimum absolute atomic E-state index is 0.152. The fourth-order valence-corrected chi connectivity index (χ4v) is 5.20. The van der Waals surface area contributed by atoms with Gasteiger partial charge in [0.25, 0.3) is 0 Å². The first kappa shape index (κ1) is 11.9. The lowest BCUT2D eigenvalue weighted by Gasteiger charge is -2.53. The van der Waals surface area contributed by atoms with Crippen molar-refractivity contribution in [3.8, 4) is 0 Å². The number of nitrogens with two attached hydrogens (primary N) is 1. The van der Waals surface area contributed by atoms with E-state index < -0.39 is 0 Å². The van der Waals surface area contributed by atoms with Crippen molar-refractivity contribution in [3.63, 3.8) is 0 Å². The Morgan fingerprint density at radius 2 is 1.79 bits per heavy atom. The van der Waals surface area contributed by atoms with Crippen LogP contribution >= 0.6 is 0 Å². The fraction of sp³-hybridized carbons (Fsp3) is 0.867. The molecule has 0 radical (unpaired) electrons. The van der Waals surface area contributed by atoms with Gasteiger partial charge in [-0.05, 0) is 62.7 Å². The third-order valence-electron chi connectivity index (χ3n) is 5.59. The van der Waals surface area contributed by atoms with Crippen molar-refractivity contribution in [2.75, 3.05) is 0 Å². The number of aromatic nitrogens is 3. The van der Waals surface area contributed by atoms with Gasteiger partial charge in [0.1, 0.15) is 5.82 Å². The van der Waals surface area contributed by atoms with E-state index in [0.29, 0.717) is 5.92 Å². The van der Waals surface area contributed by atoms with Gasteiger partial charge in [-0.2, -0.15) is 5.10 Å². The normalized spacial score (nSPS) is 41.7. The van der Waals surface area contributed by atoms with Crippen molar-refractivity contribution in [1.82, 2.24) is 15.2 Å². The summed E-state index contributed by atoms with van der Waals surface area (Å²) in [5, 5.41) is 7.63. The highest BCUT2D eigenvalue weighted by Gasteiger charge is 2.49. The molecule has 1 unspecified atom stereocenters. The maximum absolute atomic E-state index is 5.84. The molecule has 0 spiro atoms. The van der Waals surface area contributed by atoms with Gasteiger partial charge in [-0.3, -0.25) is 5.10 Å². The van der Waals surface area contributed by atoms with Crippen molar-refractivity contribution < 1.29 is 0 Å². The quantitative estimate of drug-likeness (QED) is 0.875. The SMILES string of the molecule is CC(N)Cc1nc(C2C3CC4CC(C3)CC2C4)n[nH]1. The van der Waals surface area contributed by atoms with Gasteiger partial charge in [-0.25, -0.2) is 4.98 Å². The summed E-state index contributed by atoms with van der Waals surface area (Å²) < 4.78 is 0. The molecule has 1 atom stereocenters. The van der Waals surface area contributed by atoms with Gasteiger partial charge < -0.3 is 5.73 Å². The van der Waals surface area contributed by atoms with Gasteiger partial charge in [0.05, 0.1) is 0 Å². The molecule has 0 amide bonds. The molecule has 1 heterocycles. The molecule has 4 heteroatoms. The Hall–Kier alpha value is -0.900. The van der Waals surface area contributed by atoms with Crippen LogP contribution in [0.4, 0.5) is 0 Å². The summed E-state index contributed by atoms with van der Waals surface area (Å²) in [4.78, 5) is 4.75. The summed E-state index contributed by atoms with van der Waals surface area (Å²) >= 11 is 0. The summed E-state index contributed by atoms with van der Waals surface area (Å²) in [5.41, 5.74) is 5.84. The van der Waals surface area contributed by atoms with E-state index in [0.717, 1.165) is 41.7 Å². The van der Waals surface area contributed by atoms with Crippen LogP contribution in [0.1, 0.15) is 56.6 Å². The van der Waals surface area contributed by atoms with Crippen LogP contribution in [0.3, 0.4) is 0 Å². The first-order valence-electron chi connectivity index (χ1n) is 7.85. The second-order valence-electron chi connectivity index (χ2n) is 7.28. The molecule has 0 saturated heterocycles. The molecular formula is C15H24N4. The summed E-state index contributed by atoms with van der Waals surface area (Å²) in [6, 6.07) is 0.152. The van der Waals surface area contributed by atoms with Crippen LogP contribution in [0.2, 0.25) is 0 Å². The highest BCUT2D eigenvalue weighted by atomic mass is 15.2. The molecule has 4 aliphatic carbocycles. The van der Waals surface area contributed by atoms with Crippen molar-refractivity contribution in [1.29, 1.82) is 0 Å². The third-order valence-corrected chi connectivity index (χ3v) is 5.59. The van der Waals surface area contributed by atoms with Crippen LogP contribution in [-0.2, 0) is 6.42 Å². The molecule has 4 fully saturated rings. The number of hydrogen-bond acceptors (Lipinski definition) is 3. The number of nitrogens with one attached hydrogen (secondary N) is 1. The molecule has 1 aromatic rings. The minimum Gasteiger partial charge on any atom is -0.328 e. The molecule has 1 aromatic heterocycles. The van der Waals surface area contributed by atoms with E-state index >= 15 is 0 Å². The zero-order valence-electron chi connectivity index (χ0n) is 11.7. The van der Waals surface area contributed by atoms with Crippen molar-refractivity contribution >= 4 is 0 Å². The molecule has 4 aliphatic rings. The Labute approximate surface area is 114 Å². The van der Waals surface area contributed by atoms with E-state index in [4.69, 9.17) is 10.7 Å². The Morgan fingerprint density at radius 3 is 2.37 bits per heavy atom. The van der Waals surface area contributed by atoms with Gasteiger partial charge >= 0.3 is 0 Å². The number of rotatable bonds is 3. The molecule has 19 heavy (non-hydrogen) atoms. The van der Waals surface area contributed by atoms with E-state index in [-0.39, 0.29) is 6.04 Å². The maximum atomic E-state index is 5.84. The van der Waals surface area contributed by atoms with Crippen LogP contribution in [0, 0.1) is 23.7 Å². The summed E-state index contributed by atoms with van der Waals surface area (Å²) in [5.74, 6) is 6.43. The van der Waals surface area contributed by atoms with Gasteiger partial charge in [-0.15, -0.1) is 0 Å². The lowest BCUT2D eigenvalue weighted by Crippen LogP contribution is -2.44. The number of aromatic amines is 1. The van der Waals surface area contributed by atoms with Crippen molar-refractivity contribution in [2.24, 2.45) is 29.4 Å². The monoisotopic (exact) mass is 260 g/mol. The second-order valence-corrected chi connectivity index (χ2v) is 7.28. The molecule has 4 bridgehead atoms. The molecule has 104 valence electrons. The zero-order valence-corrected chi connectivity index (χ0v) is 11.7. The molecule has 0 aliphatic heterocycles. The van der Waals surface area contributed by atoms with E-state index in [1.165, 1.54) is 32.1 Å². The standard InChI is InChI=1S/C15H24N4/c1-8(16)2-13-17-15(19-18-13)14-11-4-9-3-10(6-11)7-12(14)5-9/h8-12,14H,2-7,16H2,1H3,(H,17,18,19). The fourth-order valence-electron chi connectivity index (χ4n) is 5.20. The van der Waals surface area contributed by atoms with E-state index in [2.05, 4.69) is 10.2 Å². The van der Waals surface area contributed by atoms with Crippen molar-refractivity contribution in [2.45, 2.75) is 57.4 Å². The summed E-state index contributed by atoms with van der Waals surface area (Å²) in [6.45, 7) is 2.02. The third kappa shape index (κ3) is 2.00. The average molecular weight is 260 g/mol. The second kappa shape index (κ2) is 4.30. The van der Waals surface area contributed by atoms with E-state index in [9.17, 15) is 0 Å². The van der Waals surface area contributed by atoms with Crippen LogP contribution < -0.4 is 5.73 Å². The van der Waals surface area contributed by atoms with Crippen LogP contribution in [0.5, 0.6) is 0 Å². The minimum atomic E-state index is 0.152. The maximum Gasteiger partial charge on any atom is 0.154 e. The zero-order chi connectivity index (χ0) is 13.0. The lowest BCUT2D eigenvalue weighted by molar-refractivity contribution is -0.00555. The molecule has 0 aromatic carbocycles. The van der Waals surface area contributed by atoms with Crippen LogP contribution in [0.25, 0.3) is 0 Å². The van der Waals surface area contributed by atoms with Gasteiger partial charge in [0.15, 0.2) is 5.82 Å². The van der Waals surface area contributed by atoms with Crippen LogP contribution in [-0.4, -0.2) is 21.2 Å². The number of H-pyrrole nitrogens is 1. The predicted molar refractivity (Wildman–Crippen MR) is 73.5 cm³/mol. The summed E-state index contributed by atoms with van der Waals surface area (Å²) in [7, 11) is 0. The highest BCUT2D eigenvalue weighted by Crippen LogP contribution is 2.59. The smallest absolute Gasteiger partial charge is 0.154 e. The molecule has 4 nitrogen and oxygen atoms in total. The molecule has 4 saturated carbocycles. The molecule has 3 N–H and O–H groups in total. The van der Waals surface area contributed by atoms with Crippen molar-refractivity contribution in [3.05, 3.63) is 11.6 Å². The van der Waals surface area contributed by atoms with Gasteiger partial charge in [-0.1, -0.05) is 0 Å². The lowest BCUT2D eigenvalue weighted by atomic mass is 9.52. The van der Waals surface area contributed by atoms with Crippen LogP contribution in [0.15, 0.2) is 0 Å². The predicted octanol–water partition coefficient (Wildman–Crippen LogP) is 2.23. The highest BCUT2D eigenvalue weighted by molar-refractivity contribution is 5.11.